The van der Waals surface area contributed by atoms with Crippen molar-refractivity contribution in [1.29, 1.82) is 0 Å². The summed E-state index contributed by atoms with van der Waals surface area (Å²) < 4.78 is 37.3. The summed E-state index contributed by atoms with van der Waals surface area (Å²) in [4.78, 5) is 0. The SMILES string of the molecule is COc1ccc(N(C)/N=C/c2ccc[n+](CCCS(=O)(=O)O)c2)cc1. The Morgan fingerprint density at radius 3 is 2.64 bits per heavy atom. The summed E-state index contributed by atoms with van der Waals surface area (Å²) in [6.07, 6.45) is 5.78. The molecular weight excluding hydrogens is 342 g/mol. The van der Waals surface area contributed by atoms with E-state index in [9.17, 15) is 8.42 Å². The van der Waals surface area contributed by atoms with Gasteiger partial charge in [-0.05, 0) is 30.3 Å². The second kappa shape index (κ2) is 8.59. The lowest BCUT2D eigenvalue weighted by atomic mass is 10.3. The number of aryl methyl sites for hydroxylation is 1. The zero-order valence-electron chi connectivity index (χ0n) is 14.2. The van der Waals surface area contributed by atoms with Crippen molar-refractivity contribution >= 4 is 22.0 Å². The topological polar surface area (TPSA) is 83.1 Å². The zero-order chi connectivity index (χ0) is 18.3. The number of hydrogen-bond acceptors (Lipinski definition) is 5. The van der Waals surface area contributed by atoms with Crippen LogP contribution in [0.5, 0.6) is 5.75 Å². The Labute approximate surface area is 147 Å². The number of hydrogen-bond donors (Lipinski definition) is 1. The fraction of sp³-hybridized carbons (Fsp3) is 0.294. The fourth-order valence-corrected chi connectivity index (χ4v) is 2.70. The molecule has 25 heavy (non-hydrogen) atoms. The third kappa shape index (κ3) is 6.52. The highest BCUT2D eigenvalue weighted by molar-refractivity contribution is 7.85. The molecule has 0 bridgehead atoms. The zero-order valence-corrected chi connectivity index (χ0v) is 15.1. The Bertz CT molecular complexity index is 820. The lowest BCUT2D eigenvalue weighted by Gasteiger charge is -2.12. The maximum Gasteiger partial charge on any atom is 0.265 e. The van der Waals surface area contributed by atoms with E-state index in [0.717, 1.165) is 17.0 Å². The molecule has 0 saturated heterocycles. The molecule has 1 heterocycles. The Balaban J connectivity index is 1.98. The number of hydrazone groups is 1. The first-order valence-electron chi connectivity index (χ1n) is 7.73. The molecule has 2 aromatic rings. The van der Waals surface area contributed by atoms with E-state index in [1.807, 2.05) is 60.4 Å². The predicted molar refractivity (Wildman–Crippen MR) is 96.7 cm³/mol. The van der Waals surface area contributed by atoms with Gasteiger partial charge in [-0.15, -0.1) is 0 Å². The van der Waals surface area contributed by atoms with Crippen LogP contribution in [-0.2, 0) is 16.7 Å². The van der Waals surface area contributed by atoms with Crippen LogP contribution in [0.4, 0.5) is 5.69 Å². The smallest absolute Gasteiger partial charge is 0.265 e. The van der Waals surface area contributed by atoms with Crippen LogP contribution in [0.25, 0.3) is 0 Å². The lowest BCUT2D eigenvalue weighted by Crippen LogP contribution is -2.34. The van der Waals surface area contributed by atoms with Gasteiger partial charge < -0.3 is 4.74 Å². The number of rotatable bonds is 8. The summed E-state index contributed by atoms with van der Waals surface area (Å²) in [6.45, 7) is 0.496. The number of pyridine rings is 1. The van der Waals surface area contributed by atoms with Crippen molar-refractivity contribution in [3.05, 3.63) is 54.4 Å². The molecule has 0 amide bonds. The van der Waals surface area contributed by atoms with Crippen molar-refractivity contribution in [2.45, 2.75) is 13.0 Å². The molecule has 1 aromatic carbocycles. The van der Waals surface area contributed by atoms with Gasteiger partial charge in [0.25, 0.3) is 10.1 Å². The second-order valence-corrected chi connectivity index (χ2v) is 7.05. The largest absolute Gasteiger partial charge is 0.497 e. The minimum atomic E-state index is -3.92. The summed E-state index contributed by atoms with van der Waals surface area (Å²) >= 11 is 0. The first kappa shape index (κ1) is 18.9. The molecule has 1 aromatic heterocycles. The van der Waals surface area contributed by atoms with E-state index in [1.165, 1.54) is 0 Å². The summed E-state index contributed by atoms with van der Waals surface area (Å²) in [7, 11) is -0.446. The molecule has 8 heteroatoms. The summed E-state index contributed by atoms with van der Waals surface area (Å²) in [5.41, 5.74) is 1.81. The van der Waals surface area contributed by atoms with E-state index in [-0.39, 0.29) is 5.75 Å². The molecule has 0 spiro atoms. The molecule has 0 fully saturated rings. The van der Waals surface area contributed by atoms with E-state index in [1.54, 1.807) is 18.3 Å². The molecule has 134 valence electrons. The van der Waals surface area contributed by atoms with Gasteiger partial charge in [-0.1, -0.05) is 0 Å². The minimum Gasteiger partial charge on any atom is -0.497 e. The maximum absolute atomic E-state index is 10.8. The molecule has 0 unspecified atom stereocenters. The molecule has 0 radical (unpaired) electrons. The lowest BCUT2D eigenvalue weighted by molar-refractivity contribution is -0.696. The third-order valence-corrected chi connectivity index (χ3v) is 4.33. The van der Waals surface area contributed by atoms with Crippen LogP contribution in [0.2, 0.25) is 0 Å². The van der Waals surface area contributed by atoms with E-state index in [2.05, 4.69) is 5.10 Å². The van der Waals surface area contributed by atoms with Crippen LogP contribution in [0.1, 0.15) is 12.0 Å². The first-order valence-corrected chi connectivity index (χ1v) is 9.34. The first-order chi connectivity index (χ1) is 11.9. The van der Waals surface area contributed by atoms with Crippen molar-refractivity contribution in [3.8, 4) is 5.75 Å². The number of aromatic nitrogens is 1. The monoisotopic (exact) mass is 364 g/mol. The van der Waals surface area contributed by atoms with Crippen molar-refractivity contribution in [2.24, 2.45) is 5.10 Å². The molecule has 0 aliphatic carbocycles. The van der Waals surface area contributed by atoms with Gasteiger partial charge in [0.1, 0.15) is 12.3 Å². The quantitative estimate of drug-likeness (QED) is 0.334. The summed E-state index contributed by atoms with van der Waals surface area (Å²) in [5.74, 6) is 0.536. The maximum atomic E-state index is 10.8. The van der Waals surface area contributed by atoms with Crippen LogP contribution in [0.15, 0.2) is 53.9 Å². The highest BCUT2D eigenvalue weighted by atomic mass is 32.2. The molecule has 0 saturated carbocycles. The van der Waals surface area contributed by atoms with Gasteiger partial charge in [-0.25, -0.2) is 4.57 Å². The van der Waals surface area contributed by atoms with Crippen LogP contribution in [-0.4, -0.2) is 39.1 Å². The van der Waals surface area contributed by atoms with Crippen molar-refractivity contribution in [3.63, 3.8) is 0 Å². The number of anilines is 1. The van der Waals surface area contributed by atoms with Gasteiger partial charge in [0.15, 0.2) is 12.4 Å². The van der Waals surface area contributed by atoms with Crippen LogP contribution < -0.4 is 14.3 Å². The molecule has 2 rings (SSSR count). The highest BCUT2D eigenvalue weighted by Crippen LogP contribution is 2.18. The van der Waals surface area contributed by atoms with E-state index < -0.39 is 10.1 Å². The van der Waals surface area contributed by atoms with Gasteiger partial charge in [0.2, 0.25) is 0 Å². The Morgan fingerprint density at radius 2 is 2.00 bits per heavy atom. The molecule has 7 nitrogen and oxygen atoms in total. The molecular formula is C17H22N3O4S+. The van der Waals surface area contributed by atoms with E-state index in [4.69, 9.17) is 9.29 Å². The van der Waals surface area contributed by atoms with Gasteiger partial charge in [0.05, 0.1) is 30.3 Å². The Kier molecular flexibility index (Phi) is 6.49. The summed E-state index contributed by atoms with van der Waals surface area (Å²) in [6, 6.07) is 11.3. The van der Waals surface area contributed by atoms with Crippen molar-refractivity contribution in [2.75, 3.05) is 24.9 Å². The number of nitrogens with zero attached hydrogens (tertiary/aromatic N) is 3. The average Bonchev–Trinajstić information content (AvgIpc) is 2.59. The van der Waals surface area contributed by atoms with Gasteiger partial charge in [-0.2, -0.15) is 13.5 Å². The van der Waals surface area contributed by atoms with Crippen molar-refractivity contribution < 1.29 is 22.3 Å². The fourth-order valence-electron chi connectivity index (χ4n) is 2.21. The van der Waals surface area contributed by atoms with Crippen molar-refractivity contribution in [1.82, 2.24) is 0 Å². The second-order valence-electron chi connectivity index (χ2n) is 5.48. The normalized spacial score (nSPS) is 11.6. The molecule has 0 aliphatic rings. The number of benzene rings is 1. The van der Waals surface area contributed by atoms with Crippen LogP contribution >= 0.6 is 0 Å². The predicted octanol–water partition coefficient (Wildman–Crippen LogP) is 1.73. The van der Waals surface area contributed by atoms with Crippen LogP contribution in [0.3, 0.4) is 0 Å². The van der Waals surface area contributed by atoms with Crippen LogP contribution in [0, 0.1) is 0 Å². The molecule has 0 atom stereocenters. The standard InChI is InChI=1S/C17H21N3O4S/c1-19(16-6-8-17(24-2)9-7-16)18-13-15-5-3-10-20(14-15)11-4-12-25(21,22)23/h3,5-10,13-14H,4,11-12H2,1-2H3/p+1/b18-13+. The molecule has 1 N–H and O–H groups in total. The third-order valence-electron chi connectivity index (χ3n) is 3.53. The highest BCUT2D eigenvalue weighted by Gasteiger charge is 2.08. The Hall–Kier alpha value is -2.45. The minimum absolute atomic E-state index is 0.251. The van der Waals surface area contributed by atoms with Gasteiger partial charge in [0, 0.05) is 19.5 Å². The molecule has 0 aliphatic heterocycles. The Morgan fingerprint density at radius 1 is 1.28 bits per heavy atom. The van der Waals surface area contributed by atoms with Gasteiger partial charge >= 0.3 is 0 Å². The summed E-state index contributed by atoms with van der Waals surface area (Å²) in [5, 5.41) is 6.14. The number of ether oxygens (including phenoxy) is 1. The average molecular weight is 364 g/mol. The van der Waals surface area contributed by atoms with E-state index >= 15 is 0 Å². The van der Waals surface area contributed by atoms with E-state index in [0.29, 0.717) is 13.0 Å². The van der Waals surface area contributed by atoms with Gasteiger partial charge in [-0.3, -0.25) is 9.56 Å². The number of methoxy groups -OCH3 is 1.